The van der Waals surface area contributed by atoms with E-state index < -0.39 is 11.6 Å². The van der Waals surface area contributed by atoms with Gasteiger partial charge in [-0.15, -0.1) is 0 Å². The van der Waals surface area contributed by atoms with Crippen molar-refractivity contribution in [3.8, 4) is 0 Å². The Morgan fingerprint density at radius 2 is 2.17 bits per heavy atom. The SMILES string of the molecule is COCCNCC1(c2ccc(F)cc2F)CC1C. The van der Waals surface area contributed by atoms with Crippen molar-refractivity contribution < 1.29 is 13.5 Å². The third-order valence-electron chi connectivity index (χ3n) is 3.84. The number of methoxy groups -OCH3 is 1. The van der Waals surface area contributed by atoms with Crippen LogP contribution < -0.4 is 5.32 Å². The molecule has 2 rings (SSSR count). The highest BCUT2D eigenvalue weighted by molar-refractivity contribution is 5.35. The molecule has 0 saturated heterocycles. The molecule has 0 aliphatic heterocycles. The van der Waals surface area contributed by atoms with E-state index in [2.05, 4.69) is 12.2 Å². The number of ether oxygens (including phenoxy) is 1. The van der Waals surface area contributed by atoms with Crippen LogP contribution in [0.5, 0.6) is 0 Å². The van der Waals surface area contributed by atoms with Gasteiger partial charge in [-0.1, -0.05) is 13.0 Å². The van der Waals surface area contributed by atoms with Gasteiger partial charge in [0.05, 0.1) is 6.61 Å². The molecule has 1 saturated carbocycles. The van der Waals surface area contributed by atoms with Crippen LogP contribution in [0.15, 0.2) is 18.2 Å². The van der Waals surface area contributed by atoms with Crippen molar-refractivity contribution in [2.24, 2.45) is 5.92 Å². The highest BCUT2D eigenvalue weighted by atomic mass is 19.1. The van der Waals surface area contributed by atoms with Crippen LogP contribution in [0, 0.1) is 17.6 Å². The van der Waals surface area contributed by atoms with Crippen molar-refractivity contribution >= 4 is 0 Å². The van der Waals surface area contributed by atoms with Crippen LogP contribution in [0.3, 0.4) is 0 Å². The molecule has 1 fully saturated rings. The van der Waals surface area contributed by atoms with Gasteiger partial charge in [0.25, 0.3) is 0 Å². The molecule has 0 amide bonds. The summed E-state index contributed by atoms with van der Waals surface area (Å²) in [6, 6.07) is 3.88. The third kappa shape index (κ3) is 2.54. The van der Waals surface area contributed by atoms with Crippen molar-refractivity contribution in [2.45, 2.75) is 18.8 Å². The molecule has 100 valence electrons. The Bertz CT molecular complexity index is 424. The summed E-state index contributed by atoms with van der Waals surface area (Å²) >= 11 is 0. The second-order valence-electron chi connectivity index (χ2n) is 5.06. The highest BCUT2D eigenvalue weighted by Gasteiger charge is 2.53. The number of benzene rings is 1. The Hall–Kier alpha value is -1.00. The summed E-state index contributed by atoms with van der Waals surface area (Å²) in [6.45, 7) is 4.19. The normalized spacial score (nSPS) is 26.3. The summed E-state index contributed by atoms with van der Waals surface area (Å²) < 4.78 is 31.7. The molecule has 0 radical (unpaired) electrons. The quantitative estimate of drug-likeness (QED) is 0.788. The highest BCUT2D eigenvalue weighted by Crippen LogP contribution is 2.54. The zero-order valence-electron chi connectivity index (χ0n) is 10.8. The van der Waals surface area contributed by atoms with Crippen LogP contribution in [-0.2, 0) is 10.2 Å². The van der Waals surface area contributed by atoms with Crippen molar-refractivity contribution in [3.05, 3.63) is 35.4 Å². The lowest BCUT2D eigenvalue weighted by atomic mass is 9.92. The Balaban J connectivity index is 2.08. The van der Waals surface area contributed by atoms with Gasteiger partial charge < -0.3 is 10.1 Å². The molecule has 18 heavy (non-hydrogen) atoms. The standard InChI is InChI=1S/C14H19F2NO/c1-10-8-14(10,9-17-5-6-18-2)12-4-3-11(15)7-13(12)16/h3-4,7,10,17H,5-6,8-9H2,1-2H3. The van der Waals surface area contributed by atoms with E-state index in [1.807, 2.05) is 0 Å². The first-order valence-corrected chi connectivity index (χ1v) is 6.25. The molecule has 2 nitrogen and oxygen atoms in total. The molecule has 0 bridgehead atoms. The van der Waals surface area contributed by atoms with Gasteiger partial charge in [-0.25, -0.2) is 8.78 Å². The maximum Gasteiger partial charge on any atom is 0.129 e. The van der Waals surface area contributed by atoms with Gasteiger partial charge in [0.1, 0.15) is 11.6 Å². The first-order valence-electron chi connectivity index (χ1n) is 6.25. The zero-order valence-corrected chi connectivity index (χ0v) is 10.8. The van der Waals surface area contributed by atoms with Crippen molar-refractivity contribution in [1.82, 2.24) is 5.32 Å². The lowest BCUT2D eigenvalue weighted by Gasteiger charge is -2.19. The predicted octanol–water partition coefficient (Wildman–Crippen LogP) is 2.48. The minimum absolute atomic E-state index is 0.175. The molecule has 1 aromatic carbocycles. The van der Waals surface area contributed by atoms with Crippen LogP contribution in [-0.4, -0.2) is 26.8 Å². The van der Waals surface area contributed by atoms with E-state index in [0.717, 1.165) is 19.0 Å². The average molecular weight is 255 g/mol. The van der Waals surface area contributed by atoms with Gasteiger partial charge in [-0.05, 0) is 24.0 Å². The minimum Gasteiger partial charge on any atom is -0.383 e. The van der Waals surface area contributed by atoms with E-state index in [-0.39, 0.29) is 5.41 Å². The number of nitrogens with one attached hydrogen (secondary N) is 1. The molecular formula is C14H19F2NO. The number of halogens is 2. The molecular weight excluding hydrogens is 236 g/mol. The lowest BCUT2D eigenvalue weighted by Crippen LogP contribution is -2.31. The van der Waals surface area contributed by atoms with Crippen LogP contribution >= 0.6 is 0 Å². The van der Waals surface area contributed by atoms with Gasteiger partial charge in [-0.2, -0.15) is 0 Å². The second-order valence-corrected chi connectivity index (χ2v) is 5.06. The van der Waals surface area contributed by atoms with E-state index in [9.17, 15) is 8.78 Å². The predicted molar refractivity (Wildman–Crippen MR) is 66.6 cm³/mol. The monoisotopic (exact) mass is 255 g/mol. The Labute approximate surface area is 106 Å². The van der Waals surface area contributed by atoms with E-state index in [4.69, 9.17) is 4.74 Å². The summed E-state index contributed by atoms with van der Waals surface area (Å²) in [6.07, 6.45) is 0.940. The zero-order chi connectivity index (χ0) is 13.2. The number of rotatable bonds is 6. The molecule has 0 spiro atoms. The molecule has 1 aliphatic rings. The van der Waals surface area contributed by atoms with Crippen LogP contribution in [0.4, 0.5) is 8.78 Å². The Kier molecular flexibility index (Phi) is 3.97. The summed E-state index contributed by atoms with van der Waals surface area (Å²) in [5.41, 5.74) is 0.451. The first-order chi connectivity index (χ1) is 8.60. The molecule has 2 atom stereocenters. The summed E-state index contributed by atoms with van der Waals surface area (Å²) in [7, 11) is 1.65. The molecule has 4 heteroatoms. The third-order valence-corrected chi connectivity index (χ3v) is 3.84. The van der Waals surface area contributed by atoms with Gasteiger partial charge in [0.2, 0.25) is 0 Å². The molecule has 0 heterocycles. The number of hydrogen-bond acceptors (Lipinski definition) is 2. The van der Waals surface area contributed by atoms with Gasteiger partial charge >= 0.3 is 0 Å². The minimum atomic E-state index is -0.521. The maximum absolute atomic E-state index is 13.8. The van der Waals surface area contributed by atoms with Gasteiger partial charge in [0, 0.05) is 31.7 Å². The van der Waals surface area contributed by atoms with Gasteiger partial charge in [0.15, 0.2) is 0 Å². The topological polar surface area (TPSA) is 21.3 Å². The smallest absolute Gasteiger partial charge is 0.129 e. The van der Waals surface area contributed by atoms with E-state index >= 15 is 0 Å². The van der Waals surface area contributed by atoms with E-state index in [0.29, 0.717) is 24.6 Å². The summed E-state index contributed by atoms with van der Waals surface area (Å²) in [5, 5.41) is 3.27. The van der Waals surface area contributed by atoms with Crippen LogP contribution in [0.2, 0.25) is 0 Å². The average Bonchev–Trinajstić information content (AvgIpc) is 2.96. The fourth-order valence-electron chi connectivity index (χ4n) is 2.58. The van der Waals surface area contributed by atoms with Crippen molar-refractivity contribution in [3.63, 3.8) is 0 Å². The number of hydrogen-bond donors (Lipinski definition) is 1. The molecule has 1 aliphatic carbocycles. The van der Waals surface area contributed by atoms with Crippen LogP contribution in [0.25, 0.3) is 0 Å². The fourth-order valence-corrected chi connectivity index (χ4v) is 2.58. The van der Waals surface area contributed by atoms with E-state index in [1.54, 1.807) is 13.2 Å². The second kappa shape index (κ2) is 5.33. The molecule has 1 aromatic rings. The maximum atomic E-state index is 13.8. The van der Waals surface area contributed by atoms with E-state index in [1.165, 1.54) is 6.07 Å². The van der Waals surface area contributed by atoms with Gasteiger partial charge in [-0.3, -0.25) is 0 Å². The van der Waals surface area contributed by atoms with Crippen LogP contribution in [0.1, 0.15) is 18.9 Å². The molecule has 0 aromatic heterocycles. The Morgan fingerprint density at radius 1 is 1.44 bits per heavy atom. The summed E-state index contributed by atoms with van der Waals surface area (Å²) in [4.78, 5) is 0. The van der Waals surface area contributed by atoms with Crippen molar-refractivity contribution in [2.75, 3.05) is 26.8 Å². The fraction of sp³-hybridized carbons (Fsp3) is 0.571. The van der Waals surface area contributed by atoms with Crippen molar-refractivity contribution in [1.29, 1.82) is 0 Å². The lowest BCUT2D eigenvalue weighted by molar-refractivity contribution is 0.198. The molecule has 1 N–H and O–H groups in total. The first kappa shape index (κ1) is 13.4. The summed E-state index contributed by atoms with van der Waals surface area (Å²) in [5.74, 6) is -0.535. The Morgan fingerprint density at radius 3 is 2.72 bits per heavy atom. The largest absolute Gasteiger partial charge is 0.383 e. The molecule has 2 unspecified atom stereocenters.